The molecule has 0 unspecified atom stereocenters. The van der Waals surface area contributed by atoms with E-state index >= 15 is 0 Å². The number of ether oxygens (including phenoxy) is 2. The van der Waals surface area contributed by atoms with Gasteiger partial charge in [-0.1, -0.05) is 24.3 Å². The maximum atomic E-state index is 12.4. The Kier molecular flexibility index (Phi) is 6.71. The molecular formula is C20H23NO4. The van der Waals surface area contributed by atoms with E-state index in [2.05, 4.69) is 0 Å². The molecule has 5 nitrogen and oxygen atoms in total. The monoisotopic (exact) mass is 341 g/mol. The van der Waals surface area contributed by atoms with Crippen LogP contribution in [0, 0.1) is 0 Å². The molecule has 25 heavy (non-hydrogen) atoms. The number of amides is 1. The molecule has 0 atom stereocenters. The molecule has 0 saturated carbocycles. The molecule has 5 heteroatoms. The van der Waals surface area contributed by atoms with Crippen molar-refractivity contribution in [1.29, 1.82) is 0 Å². The first kappa shape index (κ1) is 18.7. The summed E-state index contributed by atoms with van der Waals surface area (Å²) in [6.07, 6.45) is 0.809. The molecule has 2 aromatic rings. The van der Waals surface area contributed by atoms with Crippen molar-refractivity contribution in [3.05, 3.63) is 59.7 Å². The summed E-state index contributed by atoms with van der Waals surface area (Å²) in [5.74, 6) is -0.368. The number of hydrogen-bond donors (Lipinski definition) is 0. The minimum Gasteiger partial charge on any atom is -0.465 e. The molecule has 2 rings (SSSR count). The Hall–Kier alpha value is -2.66. The number of rotatable bonds is 7. The highest BCUT2D eigenvalue weighted by Crippen LogP contribution is 2.21. The largest absolute Gasteiger partial charge is 0.465 e. The van der Waals surface area contributed by atoms with Gasteiger partial charge in [0.25, 0.3) is 5.91 Å². The second kappa shape index (κ2) is 8.99. The van der Waals surface area contributed by atoms with Gasteiger partial charge in [0.2, 0.25) is 0 Å². The van der Waals surface area contributed by atoms with Crippen LogP contribution in [0.3, 0.4) is 0 Å². The van der Waals surface area contributed by atoms with Gasteiger partial charge in [-0.25, -0.2) is 4.79 Å². The van der Waals surface area contributed by atoms with Crippen molar-refractivity contribution in [3.63, 3.8) is 0 Å². The highest BCUT2D eigenvalue weighted by atomic mass is 16.5. The Bertz CT molecular complexity index is 707. The van der Waals surface area contributed by atoms with Crippen LogP contribution in [0.2, 0.25) is 0 Å². The van der Waals surface area contributed by atoms with Gasteiger partial charge >= 0.3 is 5.97 Å². The van der Waals surface area contributed by atoms with Crippen LogP contribution in [0.4, 0.5) is 0 Å². The summed E-state index contributed by atoms with van der Waals surface area (Å²) in [4.78, 5) is 25.5. The number of nitrogens with zero attached hydrogens (tertiary/aromatic N) is 1. The molecule has 0 aliphatic rings. The summed E-state index contributed by atoms with van der Waals surface area (Å²) in [6.45, 7) is 1.29. The maximum absolute atomic E-state index is 12.4. The molecule has 0 N–H and O–H groups in total. The van der Waals surface area contributed by atoms with Crippen LogP contribution in [0.1, 0.15) is 27.1 Å². The van der Waals surface area contributed by atoms with Gasteiger partial charge in [-0.2, -0.15) is 0 Å². The fourth-order valence-corrected chi connectivity index (χ4v) is 2.49. The molecule has 0 bridgehead atoms. The number of carbonyl (C=O) groups excluding carboxylic acids is 2. The van der Waals surface area contributed by atoms with Crippen LogP contribution in [0.5, 0.6) is 0 Å². The molecule has 0 aromatic heterocycles. The van der Waals surface area contributed by atoms with E-state index in [0.717, 1.165) is 17.5 Å². The Morgan fingerprint density at radius 1 is 0.880 bits per heavy atom. The summed E-state index contributed by atoms with van der Waals surface area (Å²) < 4.78 is 9.70. The lowest BCUT2D eigenvalue weighted by atomic mass is 10.0. The van der Waals surface area contributed by atoms with Crippen molar-refractivity contribution in [2.45, 2.75) is 6.42 Å². The molecule has 1 amide bonds. The standard InChI is InChI=1S/C20H23NO4/c1-21(13-4-14-24-2)19(22)17-9-5-15(6-10-17)16-7-11-18(12-8-16)20(23)25-3/h5-12H,4,13-14H2,1-3H3. The molecule has 0 aliphatic heterocycles. The van der Waals surface area contributed by atoms with E-state index in [1.54, 1.807) is 31.2 Å². The van der Waals surface area contributed by atoms with Crippen molar-refractivity contribution < 1.29 is 19.1 Å². The van der Waals surface area contributed by atoms with Gasteiger partial charge in [0.1, 0.15) is 0 Å². The molecule has 2 aromatic carbocycles. The lowest BCUT2D eigenvalue weighted by molar-refractivity contribution is 0.0600. The maximum Gasteiger partial charge on any atom is 0.337 e. The Balaban J connectivity index is 2.06. The summed E-state index contributed by atoms with van der Waals surface area (Å²) in [5, 5.41) is 0. The summed E-state index contributed by atoms with van der Waals surface area (Å²) in [6, 6.07) is 14.6. The van der Waals surface area contributed by atoms with Crippen LogP contribution in [0.25, 0.3) is 11.1 Å². The first-order valence-electron chi connectivity index (χ1n) is 8.10. The van der Waals surface area contributed by atoms with E-state index in [1.807, 2.05) is 36.4 Å². The summed E-state index contributed by atoms with van der Waals surface area (Å²) in [7, 11) is 4.80. The molecule has 0 saturated heterocycles. The average Bonchev–Trinajstić information content (AvgIpc) is 2.67. The van der Waals surface area contributed by atoms with E-state index < -0.39 is 0 Å². The lowest BCUT2D eigenvalue weighted by Gasteiger charge is -2.17. The predicted octanol–water partition coefficient (Wildman–Crippen LogP) is 3.25. The van der Waals surface area contributed by atoms with E-state index in [4.69, 9.17) is 9.47 Å². The number of hydrogen-bond acceptors (Lipinski definition) is 4. The fourth-order valence-electron chi connectivity index (χ4n) is 2.49. The quantitative estimate of drug-likeness (QED) is 0.573. The van der Waals surface area contributed by atoms with Crippen molar-refractivity contribution in [2.24, 2.45) is 0 Å². The Labute approximate surface area is 148 Å². The molecular weight excluding hydrogens is 318 g/mol. The molecule has 132 valence electrons. The van der Waals surface area contributed by atoms with Crippen molar-refractivity contribution in [3.8, 4) is 11.1 Å². The van der Waals surface area contributed by atoms with Gasteiger partial charge < -0.3 is 14.4 Å². The molecule has 0 radical (unpaired) electrons. The van der Waals surface area contributed by atoms with Crippen molar-refractivity contribution in [2.75, 3.05) is 34.4 Å². The second-order valence-corrected chi connectivity index (χ2v) is 5.72. The van der Waals surface area contributed by atoms with Crippen LogP contribution < -0.4 is 0 Å². The van der Waals surface area contributed by atoms with E-state index in [1.165, 1.54) is 7.11 Å². The van der Waals surface area contributed by atoms with Gasteiger partial charge in [0.15, 0.2) is 0 Å². The molecule has 0 heterocycles. The first-order valence-corrected chi connectivity index (χ1v) is 8.10. The molecule has 0 spiro atoms. The number of benzene rings is 2. The first-order chi connectivity index (χ1) is 12.1. The van der Waals surface area contributed by atoms with E-state index in [9.17, 15) is 9.59 Å². The van der Waals surface area contributed by atoms with Crippen LogP contribution in [0.15, 0.2) is 48.5 Å². The van der Waals surface area contributed by atoms with Gasteiger partial charge in [-0.3, -0.25) is 4.79 Å². The Morgan fingerprint density at radius 2 is 1.40 bits per heavy atom. The van der Waals surface area contributed by atoms with Crippen LogP contribution in [-0.2, 0) is 9.47 Å². The number of esters is 1. The zero-order valence-corrected chi connectivity index (χ0v) is 14.8. The second-order valence-electron chi connectivity index (χ2n) is 5.72. The summed E-state index contributed by atoms with van der Waals surface area (Å²) in [5.41, 5.74) is 3.11. The van der Waals surface area contributed by atoms with Crippen LogP contribution >= 0.6 is 0 Å². The number of methoxy groups -OCH3 is 2. The SMILES string of the molecule is COCCCN(C)C(=O)c1ccc(-c2ccc(C(=O)OC)cc2)cc1. The predicted molar refractivity (Wildman–Crippen MR) is 96.7 cm³/mol. The smallest absolute Gasteiger partial charge is 0.337 e. The third-order valence-corrected chi connectivity index (χ3v) is 3.96. The van der Waals surface area contributed by atoms with E-state index in [0.29, 0.717) is 24.3 Å². The minimum absolute atomic E-state index is 0.0105. The van der Waals surface area contributed by atoms with Crippen molar-refractivity contribution >= 4 is 11.9 Å². The molecule has 0 aliphatic carbocycles. The fraction of sp³-hybridized carbons (Fsp3) is 0.300. The third-order valence-electron chi connectivity index (χ3n) is 3.96. The lowest BCUT2D eigenvalue weighted by Crippen LogP contribution is -2.28. The van der Waals surface area contributed by atoms with Gasteiger partial charge in [0.05, 0.1) is 12.7 Å². The Morgan fingerprint density at radius 3 is 1.88 bits per heavy atom. The zero-order valence-electron chi connectivity index (χ0n) is 14.8. The third kappa shape index (κ3) is 4.90. The van der Waals surface area contributed by atoms with E-state index in [-0.39, 0.29) is 11.9 Å². The normalized spacial score (nSPS) is 10.4. The van der Waals surface area contributed by atoms with Gasteiger partial charge in [-0.05, 0) is 41.8 Å². The molecule has 0 fully saturated rings. The highest BCUT2D eigenvalue weighted by molar-refractivity contribution is 5.94. The zero-order chi connectivity index (χ0) is 18.2. The van der Waals surface area contributed by atoms with Gasteiger partial charge in [-0.15, -0.1) is 0 Å². The van der Waals surface area contributed by atoms with Crippen molar-refractivity contribution in [1.82, 2.24) is 4.90 Å². The van der Waals surface area contributed by atoms with Gasteiger partial charge in [0, 0.05) is 32.9 Å². The average molecular weight is 341 g/mol. The summed E-state index contributed by atoms with van der Waals surface area (Å²) >= 11 is 0. The topological polar surface area (TPSA) is 55.8 Å². The highest BCUT2D eigenvalue weighted by Gasteiger charge is 2.11. The van der Waals surface area contributed by atoms with Crippen LogP contribution in [-0.4, -0.2) is 51.2 Å². The number of carbonyl (C=O) groups is 2. The minimum atomic E-state index is -0.357.